The zero-order chi connectivity index (χ0) is 29.8. The Morgan fingerprint density at radius 1 is 0.422 bits per heavy atom. The summed E-state index contributed by atoms with van der Waals surface area (Å²) in [6.45, 7) is 0. The Morgan fingerprint density at radius 2 is 0.978 bits per heavy atom. The van der Waals surface area contributed by atoms with Gasteiger partial charge in [0.15, 0.2) is 0 Å². The largest absolute Gasteiger partial charge is 0.456 e. The second-order valence-corrected chi connectivity index (χ2v) is 11.7. The van der Waals surface area contributed by atoms with Gasteiger partial charge in [-0.05, 0) is 81.9 Å². The summed E-state index contributed by atoms with van der Waals surface area (Å²) < 4.78 is 6.58. The van der Waals surface area contributed by atoms with Crippen LogP contribution in [-0.4, -0.2) is 0 Å². The molecule has 1 heterocycles. The van der Waals surface area contributed by atoms with E-state index in [-0.39, 0.29) is 0 Å². The highest BCUT2D eigenvalue weighted by molar-refractivity contribution is 6.13. The summed E-state index contributed by atoms with van der Waals surface area (Å²) in [6.07, 6.45) is 0. The number of rotatable bonds is 5. The standard InChI is InChI=1S/C43H29NO/c1-4-15-30(16-5-1)43(37-23-12-10-21-34(37)35-22-11-13-24-38(35)43)31-27-28-40-36(29-31)42-39(25-14-26-41(42)45-40)44(32-17-6-2-7-18-32)33-19-8-3-9-20-33/h1-29H. The van der Waals surface area contributed by atoms with Gasteiger partial charge in [-0.25, -0.2) is 0 Å². The Hall–Kier alpha value is -5.86. The first-order valence-electron chi connectivity index (χ1n) is 15.4. The van der Waals surface area contributed by atoms with E-state index in [9.17, 15) is 0 Å². The molecule has 0 atom stereocenters. The van der Waals surface area contributed by atoms with Crippen LogP contribution in [0, 0.1) is 0 Å². The van der Waals surface area contributed by atoms with Crippen molar-refractivity contribution in [1.82, 2.24) is 0 Å². The van der Waals surface area contributed by atoms with Crippen LogP contribution >= 0.6 is 0 Å². The molecule has 0 unspecified atom stereocenters. The fraction of sp³-hybridized carbons (Fsp3) is 0.0233. The minimum atomic E-state index is -0.472. The zero-order valence-electron chi connectivity index (χ0n) is 24.6. The van der Waals surface area contributed by atoms with Crippen molar-refractivity contribution in [2.75, 3.05) is 4.90 Å². The molecule has 0 radical (unpaired) electrons. The molecule has 1 aliphatic rings. The summed E-state index contributed by atoms with van der Waals surface area (Å²) in [5.74, 6) is 0. The number of furan rings is 1. The quantitative estimate of drug-likeness (QED) is 0.203. The molecule has 0 N–H and O–H groups in total. The summed E-state index contributed by atoms with van der Waals surface area (Å²) >= 11 is 0. The van der Waals surface area contributed by atoms with Crippen LogP contribution in [0.25, 0.3) is 33.1 Å². The van der Waals surface area contributed by atoms with Gasteiger partial charge in [0.2, 0.25) is 0 Å². The third-order valence-electron chi connectivity index (χ3n) is 9.33. The highest BCUT2D eigenvalue weighted by atomic mass is 16.3. The van der Waals surface area contributed by atoms with Crippen LogP contribution in [0.5, 0.6) is 0 Å². The first-order valence-corrected chi connectivity index (χ1v) is 15.4. The molecule has 9 rings (SSSR count). The topological polar surface area (TPSA) is 16.4 Å². The van der Waals surface area contributed by atoms with Gasteiger partial charge in [-0.1, -0.05) is 127 Å². The molecule has 0 spiro atoms. The molecule has 0 amide bonds. The van der Waals surface area contributed by atoms with Gasteiger partial charge in [0, 0.05) is 16.8 Å². The maximum Gasteiger partial charge on any atom is 0.137 e. The van der Waals surface area contributed by atoms with E-state index in [2.05, 4.69) is 181 Å². The lowest BCUT2D eigenvalue weighted by Gasteiger charge is -2.34. The Morgan fingerprint density at radius 3 is 1.60 bits per heavy atom. The fourth-order valence-corrected chi connectivity index (χ4v) is 7.52. The predicted molar refractivity (Wildman–Crippen MR) is 186 cm³/mol. The van der Waals surface area contributed by atoms with E-state index < -0.39 is 5.41 Å². The zero-order valence-corrected chi connectivity index (χ0v) is 24.6. The summed E-state index contributed by atoms with van der Waals surface area (Å²) in [5.41, 5.74) is 12.2. The highest BCUT2D eigenvalue weighted by Crippen LogP contribution is 2.56. The lowest BCUT2D eigenvalue weighted by molar-refractivity contribution is 0.668. The smallest absolute Gasteiger partial charge is 0.137 e. The average Bonchev–Trinajstić information content (AvgIpc) is 3.64. The number of fused-ring (bicyclic) bond motifs is 6. The molecule has 2 nitrogen and oxygen atoms in total. The maximum atomic E-state index is 6.58. The van der Waals surface area contributed by atoms with Crippen LogP contribution in [0.2, 0.25) is 0 Å². The lowest BCUT2D eigenvalue weighted by Crippen LogP contribution is -2.28. The molecular formula is C43H29NO. The van der Waals surface area contributed by atoms with Crippen LogP contribution < -0.4 is 4.90 Å². The summed E-state index contributed by atoms with van der Waals surface area (Å²) in [7, 11) is 0. The van der Waals surface area contributed by atoms with Crippen LogP contribution in [0.3, 0.4) is 0 Å². The van der Waals surface area contributed by atoms with E-state index in [1.807, 2.05) is 0 Å². The van der Waals surface area contributed by atoms with Crippen molar-refractivity contribution < 1.29 is 4.42 Å². The van der Waals surface area contributed by atoms with Gasteiger partial charge in [-0.2, -0.15) is 0 Å². The van der Waals surface area contributed by atoms with Gasteiger partial charge < -0.3 is 9.32 Å². The van der Waals surface area contributed by atoms with Gasteiger partial charge in [0.05, 0.1) is 16.5 Å². The van der Waals surface area contributed by atoms with Gasteiger partial charge >= 0.3 is 0 Å². The van der Waals surface area contributed by atoms with Crippen LogP contribution in [-0.2, 0) is 5.41 Å². The predicted octanol–water partition coefficient (Wildman–Crippen LogP) is 11.4. The van der Waals surface area contributed by atoms with Crippen molar-refractivity contribution in [2.24, 2.45) is 0 Å². The first-order chi connectivity index (χ1) is 22.3. The van der Waals surface area contributed by atoms with Crippen LogP contribution in [0.1, 0.15) is 22.3 Å². The molecule has 0 bridgehead atoms. The molecule has 45 heavy (non-hydrogen) atoms. The van der Waals surface area contributed by atoms with Gasteiger partial charge in [-0.15, -0.1) is 0 Å². The number of anilines is 3. The number of benzene rings is 7. The monoisotopic (exact) mass is 575 g/mol. The van der Waals surface area contributed by atoms with Crippen molar-refractivity contribution in [3.05, 3.63) is 198 Å². The average molecular weight is 576 g/mol. The Kier molecular flexibility index (Phi) is 5.76. The third kappa shape index (κ3) is 3.76. The Labute approximate surface area is 262 Å². The number of hydrogen-bond donors (Lipinski definition) is 0. The molecule has 1 aliphatic carbocycles. The number of hydrogen-bond acceptors (Lipinski definition) is 2. The maximum absolute atomic E-state index is 6.58. The molecule has 2 heteroatoms. The SMILES string of the molecule is c1ccc(N(c2ccccc2)c2cccc3oc4ccc(C5(c6ccccc6)c6ccccc6-c6ccccc65)cc4c23)cc1. The molecule has 8 aromatic rings. The normalized spacial score (nSPS) is 13.1. The molecular weight excluding hydrogens is 546 g/mol. The van der Waals surface area contributed by atoms with Gasteiger partial charge in [0.1, 0.15) is 11.2 Å². The van der Waals surface area contributed by atoms with E-state index in [0.717, 1.165) is 39.0 Å². The molecule has 7 aromatic carbocycles. The highest BCUT2D eigenvalue weighted by Gasteiger charge is 2.46. The lowest BCUT2D eigenvalue weighted by atomic mass is 9.67. The molecule has 1 aromatic heterocycles. The second-order valence-electron chi connectivity index (χ2n) is 11.7. The molecule has 0 saturated heterocycles. The van der Waals surface area contributed by atoms with Crippen LogP contribution in [0.4, 0.5) is 17.1 Å². The van der Waals surface area contributed by atoms with E-state index >= 15 is 0 Å². The van der Waals surface area contributed by atoms with Crippen LogP contribution in [0.15, 0.2) is 180 Å². The second kappa shape index (κ2) is 10.1. The molecule has 212 valence electrons. The van der Waals surface area contributed by atoms with Crippen molar-refractivity contribution >= 4 is 39.0 Å². The van der Waals surface area contributed by atoms with E-state index in [0.29, 0.717) is 0 Å². The molecule has 0 saturated carbocycles. The third-order valence-corrected chi connectivity index (χ3v) is 9.33. The first kappa shape index (κ1) is 25.6. The minimum absolute atomic E-state index is 0.472. The van der Waals surface area contributed by atoms with E-state index in [1.165, 1.54) is 33.4 Å². The summed E-state index contributed by atoms with van der Waals surface area (Å²) in [6, 6.07) is 63.1. The minimum Gasteiger partial charge on any atom is -0.456 e. The number of nitrogens with zero attached hydrogens (tertiary/aromatic N) is 1. The fourth-order valence-electron chi connectivity index (χ4n) is 7.52. The van der Waals surface area contributed by atoms with Gasteiger partial charge in [0.25, 0.3) is 0 Å². The van der Waals surface area contributed by atoms with Crippen molar-refractivity contribution in [3.8, 4) is 11.1 Å². The van der Waals surface area contributed by atoms with E-state index in [4.69, 9.17) is 4.42 Å². The van der Waals surface area contributed by atoms with E-state index in [1.54, 1.807) is 0 Å². The van der Waals surface area contributed by atoms with Crippen molar-refractivity contribution in [3.63, 3.8) is 0 Å². The Bertz CT molecular complexity index is 2240. The van der Waals surface area contributed by atoms with Crippen molar-refractivity contribution in [1.29, 1.82) is 0 Å². The summed E-state index contributed by atoms with van der Waals surface area (Å²) in [4.78, 5) is 2.33. The number of para-hydroxylation sites is 2. The Balaban J connectivity index is 1.37. The molecule has 0 aliphatic heterocycles. The van der Waals surface area contributed by atoms with Crippen molar-refractivity contribution in [2.45, 2.75) is 5.41 Å². The van der Waals surface area contributed by atoms with Gasteiger partial charge in [-0.3, -0.25) is 0 Å². The molecule has 0 fully saturated rings. The summed E-state index contributed by atoms with van der Waals surface area (Å²) in [5, 5.41) is 2.21.